The molecule has 0 aliphatic carbocycles. The number of likely N-dealkylation sites (tertiary alicyclic amines) is 1. The Morgan fingerprint density at radius 3 is 2.68 bits per heavy atom. The molecule has 1 aromatic carbocycles. The van der Waals surface area contributed by atoms with Gasteiger partial charge in [0, 0.05) is 12.6 Å². The van der Waals surface area contributed by atoms with E-state index in [1.807, 2.05) is 12.1 Å². The van der Waals surface area contributed by atoms with Crippen molar-refractivity contribution in [1.82, 2.24) is 4.90 Å². The highest BCUT2D eigenvalue weighted by Crippen LogP contribution is 2.21. The smallest absolute Gasteiger partial charge is 0.272 e. The molecular formula is C14H19F2NO2. The van der Waals surface area contributed by atoms with Gasteiger partial charge in [-0.3, -0.25) is 4.90 Å². The molecule has 5 heteroatoms. The maximum atomic E-state index is 12.0. The lowest BCUT2D eigenvalue weighted by molar-refractivity contribution is 0.0819. The van der Waals surface area contributed by atoms with Crippen LogP contribution in [0.3, 0.4) is 0 Å². The number of halogens is 2. The van der Waals surface area contributed by atoms with Crippen LogP contribution in [0.4, 0.5) is 8.78 Å². The van der Waals surface area contributed by atoms with E-state index in [1.165, 1.54) is 0 Å². The molecule has 0 radical (unpaired) electrons. The van der Waals surface area contributed by atoms with E-state index in [4.69, 9.17) is 4.74 Å². The van der Waals surface area contributed by atoms with Crippen LogP contribution in [0, 0.1) is 0 Å². The number of ether oxygens (including phenoxy) is 1. The van der Waals surface area contributed by atoms with Crippen LogP contribution >= 0.6 is 0 Å². The van der Waals surface area contributed by atoms with Crippen molar-refractivity contribution in [1.29, 1.82) is 0 Å². The normalized spacial score (nSPS) is 20.1. The van der Waals surface area contributed by atoms with Crippen molar-refractivity contribution in [2.75, 3.05) is 19.8 Å². The van der Waals surface area contributed by atoms with Gasteiger partial charge in [0.1, 0.15) is 12.4 Å². The largest absolute Gasteiger partial charge is 0.488 e. The number of aliphatic hydroxyl groups is 1. The van der Waals surface area contributed by atoms with Gasteiger partial charge < -0.3 is 9.84 Å². The van der Waals surface area contributed by atoms with Crippen molar-refractivity contribution < 1.29 is 18.6 Å². The van der Waals surface area contributed by atoms with Crippen molar-refractivity contribution in [3.05, 3.63) is 29.8 Å². The fourth-order valence-electron chi connectivity index (χ4n) is 2.39. The number of rotatable bonds is 6. The highest BCUT2D eigenvalue weighted by atomic mass is 19.3. The van der Waals surface area contributed by atoms with Crippen LogP contribution in [0.5, 0.6) is 5.75 Å². The van der Waals surface area contributed by atoms with E-state index in [2.05, 4.69) is 4.90 Å². The van der Waals surface area contributed by atoms with Crippen LogP contribution in [-0.2, 0) is 6.54 Å². The quantitative estimate of drug-likeness (QED) is 0.861. The van der Waals surface area contributed by atoms with Gasteiger partial charge in [-0.15, -0.1) is 0 Å². The van der Waals surface area contributed by atoms with Crippen LogP contribution in [-0.4, -0.2) is 42.2 Å². The lowest BCUT2D eigenvalue weighted by atomic mass is 10.2. The number of benzene rings is 1. The van der Waals surface area contributed by atoms with Crippen LogP contribution in [0.2, 0.25) is 0 Å². The molecule has 1 fully saturated rings. The van der Waals surface area contributed by atoms with Crippen molar-refractivity contribution in [2.45, 2.75) is 31.9 Å². The first-order valence-electron chi connectivity index (χ1n) is 6.54. The van der Waals surface area contributed by atoms with Gasteiger partial charge in [-0.2, -0.15) is 0 Å². The average molecular weight is 271 g/mol. The molecule has 0 bridgehead atoms. The molecule has 0 aromatic heterocycles. The minimum absolute atomic E-state index is 0.190. The Labute approximate surface area is 111 Å². The fourth-order valence-corrected chi connectivity index (χ4v) is 2.39. The second-order valence-corrected chi connectivity index (χ2v) is 4.80. The Bertz CT molecular complexity index is 384. The van der Waals surface area contributed by atoms with E-state index >= 15 is 0 Å². The number of hydrogen-bond donors (Lipinski definition) is 1. The summed E-state index contributed by atoms with van der Waals surface area (Å²) in [4.78, 5) is 2.25. The third-order valence-electron chi connectivity index (χ3n) is 3.39. The topological polar surface area (TPSA) is 32.7 Å². The zero-order chi connectivity index (χ0) is 13.7. The number of nitrogens with zero attached hydrogens (tertiary/aromatic N) is 1. The predicted molar refractivity (Wildman–Crippen MR) is 68.5 cm³/mol. The Hall–Kier alpha value is -1.20. The van der Waals surface area contributed by atoms with E-state index in [1.54, 1.807) is 12.1 Å². The number of hydrogen-bond acceptors (Lipinski definition) is 3. The summed E-state index contributed by atoms with van der Waals surface area (Å²) in [5, 5.41) is 9.25. The third-order valence-corrected chi connectivity index (χ3v) is 3.39. The molecule has 1 atom stereocenters. The number of alkyl halides is 2. The van der Waals surface area contributed by atoms with Crippen molar-refractivity contribution in [2.24, 2.45) is 0 Å². The Kier molecular flexibility index (Phi) is 5.10. The molecule has 1 aliphatic rings. The molecule has 0 amide bonds. The molecule has 2 rings (SSSR count). The maximum absolute atomic E-state index is 12.0. The minimum atomic E-state index is -2.45. The third kappa shape index (κ3) is 4.14. The van der Waals surface area contributed by atoms with Gasteiger partial charge in [-0.1, -0.05) is 12.1 Å². The summed E-state index contributed by atoms with van der Waals surface area (Å²) >= 11 is 0. The molecule has 1 N–H and O–H groups in total. The summed E-state index contributed by atoms with van der Waals surface area (Å²) in [6, 6.07) is 7.43. The van der Waals surface area contributed by atoms with E-state index in [9.17, 15) is 13.9 Å². The van der Waals surface area contributed by atoms with E-state index in [-0.39, 0.29) is 12.6 Å². The summed E-state index contributed by atoms with van der Waals surface area (Å²) in [6.07, 6.45) is -0.304. The highest BCUT2D eigenvalue weighted by Gasteiger charge is 2.23. The zero-order valence-corrected chi connectivity index (χ0v) is 10.8. The Morgan fingerprint density at radius 2 is 2.05 bits per heavy atom. The minimum Gasteiger partial charge on any atom is -0.488 e. The molecule has 0 unspecified atom stereocenters. The molecule has 0 spiro atoms. The Morgan fingerprint density at radius 1 is 1.32 bits per heavy atom. The molecule has 3 nitrogen and oxygen atoms in total. The lowest BCUT2D eigenvalue weighted by Crippen LogP contribution is -2.31. The van der Waals surface area contributed by atoms with Gasteiger partial charge in [0.25, 0.3) is 6.43 Å². The summed E-state index contributed by atoms with van der Waals surface area (Å²) in [6.45, 7) is 1.39. The number of aliphatic hydroxyl groups excluding tert-OH is 1. The molecule has 1 heterocycles. The van der Waals surface area contributed by atoms with Gasteiger partial charge in [-0.05, 0) is 37.1 Å². The standard InChI is InChI=1S/C14H19F2NO2/c15-14(16)10-19-13-5-3-11(4-6-13)8-17-7-1-2-12(17)9-18/h3-6,12,14,18H,1-2,7-10H2/t12-/m1/s1. The fraction of sp³-hybridized carbons (Fsp3) is 0.571. The first-order valence-corrected chi connectivity index (χ1v) is 6.54. The summed E-state index contributed by atoms with van der Waals surface area (Å²) in [5.74, 6) is 0.462. The lowest BCUT2D eigenvalue weighted by Gasteiger charge is -2.22. The molecule has 0 saturated carbocycles. The summed E-state index contributed by atoms with van der Waals surface area (Å²) < 4.78 is 28.9. The van der Waals surface area contributed by atoms with Crippen molar-refractivity contribution in [3.63, 3.8) is 0 Å². The van der Waals surface area contributed by atoms with Gasteiger partial charge in [0.05, 0.1) is 6.61 Å². The first kappa shape index (κ1) is 14.2. The molecular weight excluding hydrogens is 252 g/mol. The molecule has 106 valence electrons. The van der Waals surface area contributed by atoms with Crippen LogP contribution < -0.4 is 4.74 Å². The summed E-state index contributed by atoms with van der Waals surface area (Å²) in [5.41, 5.74) is 1.10. The maximum Gasteiger partial charge on any atom is 0.272 e. The van der Waals surface area contributed by atoms with Gasteiger partial charge in [0.2, 0.25) is 0 Å². The van der Waals surface area contributed by atoms with E-state index in [0.29, 0.717) is 5.75 Å². The zero-order valence-electron chi connectivity index (χ0n) is 10.8. The molecule has 1 aliphatic heterocycles. The highest BCUT2D eigenvalue weighted by molar-refractivity contribution is 5.27. The predicted octanol–water partition coefficient (Wildman–Crippen LogP) is 2.29. The van der Waals surface area contributed by atoms with E-state index in [0.717, 1.165) is 31.5 Å². The average Bonchev–Trinajstić information content (AvgIpc) is 2.85. The molecule has 1 aromatic rings. The Balaban J connectivity index is 1.87. The molecule has 1 saturated heterocycles. The monoisotopic (exact) mass is 271 g/mol. The van der Waals surface area contributed by atoms with Crippen LogP contribution in [0.15, 0.2) is 24.3 Å². The second kappa shape index (κ2) is 6.82. The van der Waals surface area contributed by atoms with Crippen LogP contribution in [0.1, 0.15) is 18.4 Å². The van der Waals surface area contributed by atoms with Crippen molar-refractivity contribution in [3.8, 4) is 5.75 Å². The van der Waals surface area contributed by atoms with Gasteiger partial charge in [-0.25, -0.2) is 8.78 Å². The van der Waals surface area contributed by atoms with Crippen LogP contribution in [0.25, 0.3) is 0 Å². The second-order valence-electron chi connectivity index (χ2n) is 4.80. The first-order chi connectivity index (χ1) is 9.19. The van der Waals surface area contributed by atoms with Gasteiger partial charge in [0.15, 0.2) is 0 Å². The van der Waals surface area contributed by atoms with Crippen molar-refractivity contribution >= 4 is 0 Å². The summed E-state index contributed by atoms with van der Waals surface area (Å²) in [7, 11) is 0. The SMILES string of the molecule is OC[C@H]1CCCN1Cc1ccc(OCC(F)F)cc1. The van der Waals surface area contributed by atoms with Gasteiger partial charge >= 0.3 is 0 Å². The molecule has 19 heavy (non-hydrogen) atoms. The van der Waals surface area contributed by atoms with E-state index < -0.39 is 13.0 Å².